The topological polar surface area (TPSA) is 104 Å². The number of hydrogen-bond acceptors (Lipinski definition) is 4. The van der Waals surface area contributed by atoms with E-state index in [4.69, 9.17) is 22.9 Å². The number of nitrogens with two attached hydrogens (primary N) is 4. The summed E-state index contributed by atoms with van der Waals surface area (Å²) in [5, 5.41) is 0. The number of anilines is 4. The van der Waals surface area contributed by atoms with Crippen LogP contribution in [0.15, 0.2) is 97.1 Å². The summed E-state index contributed by atoms with van der Waals surface area (Å²) in [4.78, 5) is 0. The highest BCUT2D eigenvalue weighted by Crippen LogP contribution is 2.46. The monoisotopic (exact) mass is 478 g/mol. The smallest absolute Gasteiger partial charge is 0.399 e. The van der Waals surface area contributed by atoms with Gasteiger partial charge in [-0.1, -0.05) is 48.5 Å². The van der Waals surface area contributed by atoms with E-state index in [1.54, 1.807) is 0 Å². The van der Waals surface area contributed by atoms with Crippen molar-refractivity contribution in [1.29, 1.82) is 0 Å². The van der Waals surface area contributed by atoms with Gasteiger partial charge in [0.2, 0.25) is 0 Å². The number of alkyl halides is 3. The van der Waals surface area contributed by atoms with Crippen molar-refractivity contribution in [3.05, 3.63) is 119 Å². The lowest BCUT2D eigenvalue weighted by Gasteiger charge is -2.33. The Hall–Kier alpha value is -4.13. The van der Waals surface area contributed by atoms with E-state index < -0.39 is 11.6 Å². The molecule has 0 amide bonds. The molecule has 35 heavy (non-hydrogen) atoms. The predicted octanol–water partition coefficient (Wildman–Crippen LogP) is 6.16. The van der Waals surface area contributed by atoms with Gasteiger partial charge in [-0.2, -0.15) is 13.2 Å². The summed E-state index contributed by atoms with van der Waals surface area (Å²) in [6, 6.07) is 27.4. The second-order valence-electron chi connectivity index (χ2n) is 8.53. The second kappa shape index (κ2) is 10.4. The van der Waals surface area contributed by atoms with Crippen molar-refractivity contribution in [3.63, 3.8) is 0 Å². The Morgan fingerprint density at radius 2 is 0.743 bits per heavy atom. The van der Waals surface area contributed by atoms with Crippen molar-refractivity contribution in [1.82, 2.24) is 0 Å². The molecule has 0 aliphatic carbocycles. The molecule has 0 radical (unpaired) electrons. The van der Waals surface area contributed by atoms with Gasteiger partial charge in [0.05, 0.1) is 0 Å². The zero-order valence-corrected chi connectivity index (χ0v) is 19.4. The first-order valence-electron chi connectivity index (χ1n) is 11.0. The normalized spacial score (nSPS) is 11.4. The Morgan fingerprint density at radius 1 is 0.486 bits per heavy atom. The molecule has 4 aromatic rings. The molecule has 0 unspecified atom stereocenters. The Kier molecular flexibility index (Phi) is 7.59. The number of benzene rings is 4. The highest BCUT2D eigenvalue weighted by Gasteiger charge is 2.53. The van der Waals surface area contributed by atoms with Gasteiger partial charge in [0.25, 0.3) is 0 Å². The molecule has 8 N–H and O–H groups in total. The maximum atomic E-state index is 13.6. The molecule has 182 valence electrons. The van der Waals surface area contributed by atoms with E-state index in [1.807, 2.05) is 48.5 Å². The van der Waals surface area contributed by atoms with Crippen molar-refractivity contribution in [2.24, 2.45) is 0 Å². The summed E-state index contributed by atoms with van der Waals surface area (Å²) in [6.07, 6.45) is -3.51. The Bertz CT molecular complexity index is 1130. The molecule has 0 atom stereocenters. The third-order valence-electron chi connectivity index (χ3n) is 5.91. The fourth-order valence-electron chi connectivity index (χ4n) is 3.63. The number of rotatable bonds is 4. The Morgan fingerprint density at radius 3 is 1.00 bits per heavy atom. The maximum absolute atomic E-state index is 13.6. The first-order valence-corrected chi connectivity index (χ1v) is 11.0. The van der Waals surface area contributed by atoms with Crippen molar-refractivity contribution in [2.75, 3.05) is 22.9 Å². The van der Waals surface area contributed by atoms with Crippen molar-refractivity contribution < 1.29 is 13.2 Å². The zero-order valence-electron chi connectivity index (χ0n) is 19.4. The Balaban J connectivity index is 0.000000203. The van der Waals surface area contributed by atoms with Gasteiger partial charge in [-0.25, -0.2) is 0 Å². The molecule has 0 bridgehead atoms. The summed E-state index contributed by atoms with van der Waals surface area (Å²) in [7, 11) is 0. The molecule has 0 heterocycles. The average Bonchev–Trinajstić information content (AvgIpc) is 2.82. The Labute approximate surface area is 203 Å². The summed E-state index contributed by atoms with van der Waals surface area (Å²) in [5.74, 6) is 0. The fraction of sp³-hybridized carbons (Fsp3) is 0.143. The predicted molar refractivity (Wildman–Crippen MR) is 139 cm³/mol. The van der Waals surface area contributed by atoms with Gasteiger partial charge in [0.15, 0.2) is 0 Å². The van der Waals surface area contributed by atoms with Crippen LogP contribution in [0.5, 0.6) is 0 Å². The van der Waals surface area contributed by atoms with E-state index in [1.165, 1.54) is 59.7 Å². The third-order valence-corrected chi connectivity index (χ3v) is 5.91. The summed E-state index contributed by atoms with van der Waals surface area (Å²) < 4.78 is 40.8. The number of nitrogen functional groups attached to an aromatic ring is 4. The second-order valence-corrected chi connectivity index (χ2v) is 8.53. The highest BCUT2D eigenvalue weighted by atomic mass is 19.4. The SMILES string of the molecule is CC(c1ccc(N)cc1)(c1ccc(N)cc1)C(F)(F)F.Nc1ccc(Cc2ccc(N)cc2)cc1. The lowest BCUT2D eigenvalue weighted by molar-refractivity contribution is -0.173. The minimum atomic E-state index is -4.43. The molecule has 0 aliphatic heterocycles. The molecule has 7 heteroatoms. The van der Waals surface area contributed by atoms with Crippen molar-refractivity contribution in [2.45, 2.75) is 24.9 Å². The largest absolute Gasteiger partial charge is 0.402 e. The minimum Gasteiger partial charge on any atom is -0.399 e. The van der Waals surface area contributed by atoms with E-state index >= 15 is 0 Å². The van der Waals surface area contributed by atoms with Gasteiger partial charge < -0.3 is 22.9 Å². The van der Waals surface area contributed by atoms with Gasteiger partial charge in [0, 0.05) is 22.7 Å². The van der Waals surface area contributed by atoms with Crippen LogP contribution in [0, 0.1) is 0 Å². The third kappa shape index (κ3) is 6.26. The molecule has 0 fully saturated rings. The zero-order chi connectivity index (χ0) is 25.6. The highest BCUT2D eigenvalue weighted by molar-refractivity contribution is 5.49. The van der Waals surface area contributed by atoms with E-state index in [-0.39, 0.29) is 11.1 Å². The van der Waals surface area contributed by atoms with Crippen LogP contribution < -0.4 is 22.9 Å². The van der Waals surface area contributed by atoms with Gasteiger partial charge in [-0.3, -0.25) is 0 Å². The molecule has 0 spiro atoms. The molecular weight excluding hydrogens is 449 g/mol. The standard InChI is InChI=1S/C15H15F3N2.C13H14N2/c1-14(15(16,17)18,10-2-6-12(19)7-3-10)11-4-8-13(20)9-5-11;14-12-5-1-10(2-6-12)9-11-3-7-13(15)8-4-11/h2-9H,19-20H2,1H3;1-8H,9,14-15H2. The fourth-order valence-corrected chi connectivity index (χ4v) is 3.63. The number of halogens is 3. The molecule has 4 rings (SSSR count). The van der Waals surface area contributed by atoms with Crippen LogP contribution in [0.1, 0.15) is 29.2 Å². The van der Waals surface area contributed by atoms with E-state index in [0.29, 0.717) is 11.4 Å². The van der Waals surface area contributed by atoms with Crippen LogP contribution in [0.3, 0.4) is 0 Å². The van der Waals surface area contributed by atoms with Crippen LogP contribution >= 0.6 is 0 Å². The summed E-state index contributed by atoms with van der Waals surface area (Å²) in [6.45, 7) is 1.16. The van der Waals surface area contributed by atoms with Crippen LogP contribution in [-0.4, -0.2) is 6.18 Å². The van der Waals surface area contributed by atoms with Crippen LogP contribution in [0.4, 0.5) is 35.9 Å². The quantitative estimate of drug-likeness (QED) is 0.264. The van der Waals surface area contributed by atoms with Crippen molar-refractivity contribution in [3.8, 4) is 0 Å². The van der Waals surface area contributed by atoms with Crippen LogP contribution in [-0.2, 0) is 11.8 Å². The van der Waals surface area contributed by atoms with Crippen LogP contribution in [0.25, 0.3) is 0 Å². The van der Waals surface area contributed by atoms with Crippen LogP contribution in [0.2, 0.25) is 0 Å². The minimum absolute atomic E-state index is 0.143. The molecular formula is C28H29F3N4. The summed E-state index contributed by atoms with van der Waals surface area (Å²) in [5.41, 5.74) is 25.5. The molecule has 4 nitrogen and oxygen atoms in total. The maximum Gasteiger partial charge on any atom is 0.402 e. The van der Waals surface area contributed by atoms with Gasteiger partial charge in [-0.15, -0.1) is 0 Å². The molecule has 0 saturated carbocycles. The summed E-state index contributed by atoms with van der Waals surface area (Å²) >= 11 is 0. The van der Waals surface area contributed by atoms with Crippen molar-refractivity contribution >= 4 is 22.7 Å². The lowest BCUT2D eigenvalue weighted by atomic mass is 9.75. The molecule has 4 aromatic carbocycles. The molecule has 0 aromatic heterocycles. The first kappa shape index (κ1) is 25.5. The molecule has 0 saturated heterocycles. The van der Waals surface area contributed by atoms with E-state index in [2.05, 4.69) is 0 Å². The molecule has 0 aliphatic rings. The van der Waals surface area contributed by atoms with E-state index in [9.17, 15) is 13.2 Å². The van der Waals surface area contributed by atoms with Gasteiger partial charge in [0.1, 0.15) is 5.41 Å². The lowest BCUT2D eigenvalue weighted by Crippen LogP contribution is -2.40. The van der Waals surface area contributed by atoms with E-state index in [0.717, 1.165) is 24.7 Å². The average molecular weight is 479 g/mol. The number of hydrogen-bond donors (Lipinski definition) is 4. The van der Waals surface area contributed by atoms with Gasteiger partial charge in [-0.05, 0) is 84.1 Å². The van der Waals surface area contributed by atoms with Gasteiger partial charge >= 0.3 is 6.18 Å². The first-order chi connectivity index (χ1) is 16.5.